The Labute approximate surface area is 135 Å². The van der Waals surface area contributed by atoms with Crippen molar-refractivity contribution in [3.63, 3.8) is 0 Å². The van der Waals surface area contributed by atoms with Crippen molar-refractivity contribution in [2.24, 2.45) is 5.10 Å². The fraction of sp³-hybridized carbons (Fsp3) is 0.100. The number of Topliss-reactive ketones (excluding diaryl/α,β-unsaturated/α-hetero) is 1. The minimum Gasteiger partial charge on any atom is -0.293 e. The van der Waals surface area contributed by atoms with Crippen LogP contribution >= 0.6 is 0 Å². The van der Waals surface area contributed by atoms with Gasteiger partial charge in [-0.3, -0.25) is 4.79 Å². The highest BCUT2D eigenvalue weighted by Gasteiger charge is 2.12. The summed E-state index contributed by atoms with van der Waals surface area (Å²) >= 11 is 0. The van der Waals surface area contributed by atoms with Crippen LogP contribution in [0.3, 0.4) is 0 Å². The van der Waals surface area contributed by atoms with E-state index in [9.17, 15) is 4.79 Å². The normalized spacial score (nSPS) is 11.5. The van der Waals surface area contributed by atoms with Gasteiger partial charge in [0, 0.05) is 18.1 Å². The lowest BCUT2D eigenvalue weighted by molar-refractivity contribution is -0.111. The summed E-state index contributed by atoms with van der Waals surface area (Å²) in [5.41, 5.74) is 4.54. The molecule has 0 amide bonds. The Morgan fingerprint density at radius 3 is 1.57 bits per heavy atom. The highest BCUT2D eigenvalue weighted by Crippen LogP contribution is 2.29. The van der Waals surface area contributed by atoms with Crippen LogP contribution in [0.15, 0.2) is 77.9 Å². The highest BCUT2D eigenvalue weighted by molar-refractivity contribution is 6.38. The second kappa shape index (κ2) is 6.44. The number of ketones is 1. The molecule has 1 aromatic heterocycles. The summed E-state index contributed by atoms with van der Waals surface area (Å²) in [7, 11) is 0. The first-order valence-electron chi connectivity index (χ1n) is 7.56. The maximum absolute atomic E-state index is 11.6. The Morgan fingerprint density at radius 2 is 1.17 bits per heavy atom. The molecule has 0 saturated heterocycles. The van der Waals surface area contributed by atoms with Crippen molar-refractivity contribution >= 4 is 11.5 Å². The van der Waals surface area contributed by atoms with Crippen LogP contribution in [0.25, 0.3) is 22.5 Å². The van der Waals surface area contributed by atoms with E-state index in [0.717, 1.165) is 22.5 Å². The fourth-order valence-electron chi connectivity index (χ4n) is 2.41. The average Bonchev–Trinajstić information content (AvgIpc) is 3.00. The van der Waals surface area contributed by atoms with Gasteiger partial charge < -0.3 is 0 Å². The number of benzene rings is 2. The van der Waals surface area contributed by atoms with Crippen molar-refractivity contribution in [3.8, 4) is 22.5 Å². The molecule has 2 aromatic carbocycles. The number of hydrogen-bond acceptors (Lipinski definition) is 2. The quantitative estimate of drug-likeness (QED) is 0.647. The number of carbonyl (C=O) groups is 1. The number of carbonyl (C=O) groups excluding carboxylic acids is 1. The molecule has 3 nitrogen and oxygen atoms in total. The van der Waals surface area contributed by atoms with E-state index in [1.54, 1.807) is 6.92 Å². The van der Waals surface area contributed by atoms with E-state index in [0.29, 0.717) is 5.71 Å². The van der Waals surface area contributed by atoms with Crippen molar-refractivity contribution in [1.82, 2.24) is 4.68 Å². The van der Waals surface area contributed by atoms with E-state index in [2.05, 4.69) is 5.10 Å². The second-order valence-electron chi connectivity index (χ2n) is 5.39. The molecule has 23 heavy (non-hydrogen) atoms. The van der Waals surface area contributed by atoms with Crippen molar-refractivity contribution in [1.29, 1.82) is 0 Å². The topological polar surface area (TPSA) is 34.4 Å². The molecule has 1 heterocycles. The van der Waals surface area contributed by atoms with Gasteiger partial charge in [0.1, 0.15) is 5.71 Å². The van der Waals surface area contributed by atoms with Crippen LogP contribution in [0.4, 0.5) is 0 Å². The summed E-state index contributed by atoms with van der Waals surface area (Å²) in [6, 6.07) is 24.2. The number of aromatic nitrogens is 1. The Morgan fingerprint density at radius 1 is 0.739 bits per heavy atom. The Kier molecular flexibility index (Phi) is 4.20. The number of nitrogens with zero attached hydrogens (tertiary/aromatic N) is 2. The van der Waals surface area contributed by atoms with E-state index in [4.69, 9.17) is 0 Å². The summed E-state index contributed by atoms with van der Waals surface area (Å²) in [5, 5.41) is 4.55. The van der Waals surface area contributed by atoms with Gasteiger partial charge in [0.2, 0.25) is 0 Å². The minimum atomic E-state index is -0.0308. The molecule has 0 fully saturated rings. The van der Waals surface area contributed by atoms with Gasteiger partial charge in [-0.15, -0.1) is 0 Å². The summed E-state index contributed by atoms with van der Waals surface area (Å²) < 4.78 is 1.85. The molecule has 0 aliphatic carbocycles. The molecule has 0 unspecified atom stereocenters. The number of rotatable bonds is 4. The Balaban J connectivity index is 2.21. The molecular formula is C20H18N2O. The molecular weight excluding hydrogens is 284 g/mol. The monoisotopic (exact) mass is 302 g/mol. The van der Waals surface area contributed by atoms with Crippen molar-refractivity contribution in [2.75, 3.05) is 0 Å². The lowest BCUT2D eigenvalue weighted by Crippen LogP contribution is -2.08. The predicted octanol–water partition coefficient (Wildman–Crippen LogP) is 4.64. The predicted molar refractivity (Wildman–Crippen MR) is 94.5 cm³/mol. The van der Waals surface area contributed by atoms with Crippen molar-refractivity contribution in [3.05, 3.63) is 72.8 Å². The van der Waals surface area contributed by atoms with E-state index in [1.165, 1.54) is 6.92 Å². The summed E-state index contributed by atoms with van der Waals surface area (Å²) in [6.07, 6.45) is 0. The first-order chi connectivity index (χ1) is 11.2. The molecule has 0 aliphatic rings. The molecule has 0 aliphatic heterocycles. The first-order valence-corrected chi connectivity index (χ1v) is 7.56. The summed E-state index contributed by atoms with van der Waals surface area (Å²) in [6.45, 7) is 3.28. The van der Waals surface area contributed by atoms with Crippen molar-refractivity contribution in [2.45, 2.75) is 13.8 Å². The van der Waals surface area contributed by atoms with Gasteiger partial charge in [-0.1, -0.05) is 60.7 Å². The van der Waals surface area contributed by atoms with Gasteiger partial charge in [0.05, 0.1) is 11.4 Å². The number of hydrogen-bond donors (Lipinski definition) is 0. The average molecular weight is 302 g/mol. The van der Waals surface area contributed by atoms with Gasteiger partial charge in [-0.25, -0.2) is 4.68 Å². The molecule has 0 radical (unpaired) electrons. The molecule has 0 bridgehead atoms. The van der Waals surface area contributed by atoms with Gasteiger partial charge in [-0.05, 0) is 19.1 Å². The van der Waals surface area contributed by atoms with E-state index in [1.807, 2.05) is 77.5 Å². The van der Waals surface area contributed by atoms with Crippen LogP contribution in [0.2, 0.25) is 0 Å². The van der Waals surface area contributed by atoms with Crippen LogP contribution < -0.4 is 0 Å². The summed E-state index contributed by atoms with van der Waals surface area (Å²) in [4.78, 5) is 11.6. The molecule has 3 rings (SSSR count). The van der Waals surface area contributed by atoms with Crippen LogP contribution in [-0.4, -0.2) is 16.2 Å². The third kappa shape index (κ3) is 3.14. The van der Waals surface area contributed by atoms with Gasteiger partial charge in [0.15, 0.2) is 5.78 Å². The lowest BCUT2D eigenvalue weighted by Gasteiger charge is -2.10. The zero-order valence-electron chi connectivity index (χ0n) is 13.2. The van der Waals surface area contributed by atoms with Crippen LogP contribution in [0.5, 0.6) is 0 Å². The largest absolute Gasteiger partial charge is 0.293 e. The third-order valence-electron chi connectivity index (χ3n) is 3.75. The molecule has 3 aromatic rings. The summed E-state index contributed by atoms with van der Waals surface area (Å²) in [5.74, 6) is -0.0308. The minimum absolute atomic E-state index is 0.0308. The highest BCUT2D eigenvalue weighted by atomic mass is 16.1. The molecule has 0 spiro atoms. The zero-order valence-corrected chi connectivity index (χ0v) is 13.2. The zero-order chi connectivity index (χ0) is 16.2. The maximum atomic E-state index is 11.6. The van der Waals surface area contributed by atoms with E-state index >= 15 is 0 Å². The van der Waals surface area contributed by atoms with Crippen LogP contribution in [0.1, 0.15) is 13.8 Å². The fourth-order valence-corrected chi connectivity index (χ4v) is 2.41. The smallest absolute Gasteiger partial charge is 0.175 e. The standard InChI is InChI=1S/C20H18N2O/c1-15(16(2)23)21-22-19(17-9-5-3-6-10-17)13-14-20(22)18-11-7-4-8-12-18/h3-14H,1-2H3/b21-15+. The maximum Gasteiger partial charge on any atom is 0.175 e. The molecule has 0 N–H and O–H groups in total. The van der Waals surface area contributed by atoms with Crippen molar-refractivity contribution < 1.29 is 4.79 Å². The van der Waals surface area contributed by atoms with Gasteiger partial charge in [0.25, 0.3) is 0 Å². The first kappa shape index (κ1) is 15.0. The Hall–Kier alpha value is -2.94. The van der Waals surface area contributed by atoms with E-state index < -0.39 is 0 Å². The van der Waals surface area contributed by atoms with E-state index in [-0.39, 0.29) is 5.78 Å². The van der Waals surface area contributed by atoms with Gasteiger partial charge >= 0.3 is 0 Å². The molecule has 0 saturated carbocycles. The SMILES string of the molecule is CC(=O)/C(C)=N/n1c(-c2ccccc2)ccc1-c1ccccc1. The molecule has 114 valence electrons. The Bertz CT molecular complexity index is 789. The van der Waals surface area contributed by atoms with Crippen LogP contribution in [0, 0.1) is 0 Å². The molecule has 3 heteroatoms. The van der Waals surface area contributed by atoms with Gasteiger partial charge in [-0.2, -0.15) is 5.10 Å². The lowest BCUT2D eigenvalue weighted by atomic mass is 10.2. The molecule has 0 atom stereocenters. The van der Waals surface area contributed by atoms with Crippen LogP contribution in [-0.2, 0) is 4.79 Å². The second-order valence-corrected chi connectivity index (χ2v) is 5.39. The third-order valence-corrected chi connectivity index (χ3v) is 3.75.